The number of ether oxygens (including phenoxy) is 3. The van der Waals surface area contributed by atoms with Crippen molar-refractivity contribution in [1.29, 1.82) is 0 Å². The van der Waals surface area contributed by atoms with Crippen LogP contribution in [0.1, 0.15) is 12.8 Å². The zero-order chi connectivity index (χ0) is 11.9. The first-order chi connectivity index (χ1) is 8.36. The molecule has 98 valence electrons. The smallest absolute Gasteiger partial charge is 0.158 e. The highest BCUT2D eigenvalue weighted by Crippen LogP contribution is 2.16. The number of thioether (sulfide) groups is 1. The largest absolute Gasteiger partial charge is 0.378 e. The molecule has 2 rings (SSSR count). The zero-order valence-corrected chi connectivity index (χ0v) is 11.6. The summed E-state index contributed by atoms with van der Waals surface area (Å²) in [5.74, 6) is 0.959. The molecule has 0 unspecified atom stereocenters. The molecule has 0 atom stereocenters. The van der Waals surface area contributed by atoms with Gasteiger partial charge in [0.25, 0.3) is 0 Å². The molecule has 0 N–H and O–H groups in total. The minimum Gasteiger partial charge on any atom is -0.378 e. The van der Waals surface area contributed by atoms with Gasteiger partial charge in [0.2, 0.25) is 0 Å². The Morgan fingerprint density at radius 3 is 2.59 bits per heavy atom. The molecule has 0 amide bonds. The SMILES string of the molecule is S=C(SCCC1OCCCO1)N1CCOCC1. The Labute approximate surface area is 112 Å². The Morgan fingerprint density at radius 2 is 1.88 bits per heavy atom. The molecule has 0 aromatic carbocycles. The molecule has 2 aliphatic heterocycles. The molecule has 0 radical (unpaired) electrons. The topological polar surface area (TPSA) is 30.9 Å². The molecule has 0 aliphatic carbocycles. The molecule has 4 nitrogen and oxygen atoms in total. The third-order valence-corrected chi connectivity index (χ3v) is 4.30. The van der Waals surface area contributed by atoms with Crippen molar-refractivity contribution in [2.75, 3.05) is 45.3 Å². The van der Waals surface area contributed by atoms with Gasteiger partial charge in [0.05, 0.1) is 26.4 Å². The lowest BCUT2D eigenvalue weighted by atomic mass is 10.4. The third kappa shape index (κ3) is 4.71. The van der Waals surface area contributed by atoms with E-state index in [2.05, 4.69) is 4.90 Å². The number of nitrogens with zero attached hydrogens (tertiary/aromatic N) is 1. The van der Waals surface area contributed by atoms with Crippen LogP contribution < -0.4 is 0 Å². The molecule has 0 bridgehead atoms. The maximum atomic E-state index is 5.49. The van der Waals surface area contributed by atoms with Gasteiger partial charge in [-0.3, -0.25) is 0 Å². The number of rotatable bonds is 3. The van der Waals surface area contributed by atoms with Crippen LogP contribution in [0.4, 0.5) is 0 Å². The molecule has 17 heavy (non-hydrogen) atoms. The van der Waals surface area contributed by atoms with Gasteiger partial charge in [0.15, 0.2) is 6.29 Å². The van der Waals surface area contributed by atoms with Crippen molar-refractivity contribution in [3.05, 3.63) is 0 Å². The molecule has 2 aliphatic rings. The Hall–Kier alpha value is 0.120. The fraction of sp³-hybridized carbons (Fsp3) is 0.909. The van der Waals surface area contributed by atoms with Crippen LogP contribution in [0.25, 0.3) is 0 Å². The zero-order valence-electron chi connectivity index (χ0n) is 9.93. The van der Waals surface area contributed by atoms with E-state index in [4.69, 9.17) is 26.4 Å². The lowest BCUT2D eigenvalue weighted by Gasteiger charge is -2.29. The van der Waals surface area contributed by atoms with E-state index in [1.807, 2.05) is 0 Å². The maximum absolute atomic E-state index is 5.49. The van der Waals surface area contributed by atoms with E-state index in [9.17, 15) is 0 Å². The third-order valence-electron chi connectivity index (χ3n) is 2.74. The average Bonchev–Trinajstić information content (AvgIpc) is 2.41. The van der Waals surface area contributed by atoms with Crippen LogP contribution in [-0.2, 0) is 14.2 Å². The molecule has 2 heterocycles. The van der Waals surface area contributed by atoms with Crippen LogP contribution in [0.3, 0.4) is 0 Å². The number of hydrogen-bond acceptors (Lipinski definition) is 5. The second-order valence-corrected chi connectivity index (χ2v) is 5.76. The molecular formula is C11H19NO3S2. The Kier molecular flexibility index (Phi) is 6.00. The second kappa shape index (κ2) is 7.53. The lowest BCUT2D eigenvalue weighted by Crippen LogP contribution is -2.38. The Morgan fingerprint density at radius 1 is 1.18 bits per heavy atom. The van der Waals surface area contributed by atoms with Crippen LogP contribution in [0.2, 0.25) is 0 Å². The quantitative estimate of drug-likeness (QED) is 0.727. The molecule has 0 aromatic heterocycles. The summed E-state index contributed by atoms with van der Waals surface area (Å²) in [6, 6.07) is 0. The molecule has 0 saturated carbocycles. The van der Waals surface area contributed by atoms with Crippen molar-refractivity contribution in [2.45, 2.75) is 19.1 Å². The van der Waals surface area contributed by atoms with Gasteiger partial charge in [0.1, 0.15) is 4.32 Å². The van der Waals surface area contributed by atoms with Gasteiger partial charge in [-0.2, -0.15) is 0 Å². The fourth-order valence-corrected chi connectivity index (χ4v) is 3.07. The predicted molar refractivity (Wildman–Crippen MR) is 72.4 cm³/mol. The summed E-state index contributed by atoms with van der Waals surface area (Å²) >= 11 is 7.11. The predicted octanol–water partition coefficient (Wildman–Crippen LogP) is 1.49. The van der Waals surface area contributed by atoms with Gasteiger partial charge in [-0.15, -0.1) is 0 Å². The molecular weight excluding hydrogens is 258 g/mol. The summed E-state index contributed by atoms with van der Waals surface area (Å²) in [5, 5.41) is 0. The van der Waals surface area contributed by atoms with E-state index in [0.717, 1.165) is 62.4 Å². The van der Waals surface area contributed by atoms with Gasteiger partial charge in [0, 0.05) is 25.3 Å². The first-order valence-electron chi connectivity index (χ1n) is 6.09. The highest BCUT2D eigenvalue weighted by Gasteiger charge is 2.16. The summed E-state index contributed by atoms with van der Waals surface area (Å²) in [6.45, 7) is 5.06. The summed E-state index contributed by atoms with van der Waals surface area (Å²) < 4.78 is 17.3. The minimum absolute atomic E-state index is 0.0243. The lowest BCUT2D eigenvalue weighted by molar-refractivity contribution is -0.178. The van der Waals surface area contributed by atoms with Crippen molar-refractivity contribution in [1.82, 2.24) is 4.90 Å². The van der Waals surface area contributed by atoms with E-state index in [1.54, 1.807) is 11.8 Å². The van der Waals surface area contributed by atoms with Crippen LogP contribution in [0.15, 0.2) is 0 Å². The molecule has 0 aromatic rings. The van der Waals surface area contributed by atoms with Crippen molar-refractivity contribution in [2.24, 2.45) is 0 Å². The summed E-state index contributed by atoms with van der Waals surface area (Å²) in [5.41, 5.74) is 0. The van der Waals surface area contributed by atoms with Crippen LogP contribution in [-0.4, -0.2) is 60.8 Å². The van der Waals surface area contributed by atoms with Crippen LogP contribution in [0, 0.1) is 0 Å². The second-order valence-electron chi connectivity index (χ2n) is 4.03. The summed E-state index contributed by atoms with van der Waals surface area (Å²) in [7, 11) is 0. The van der Waals surface area contributed by atoms with Crippen molar-refractivity contribution < 1.29 is 14.2 Å². The first-order valence-corrected chi connectivity index (χ1v) is 7.48. The minimum atomic E-state index is -0.0243. The number of morpholine rings is 1. The maximum Gasteiger partial charge on any atom is 0.158 e. The van der Waals surface area contributed by atoms with Crippen molar-refractivity contribution >= 4 is 28.3 Å². The standard InChI is InChI=1S/C11H19NO3S2/c16-11(12-3-7-13-8-4-12)17-9-2-10-14-5-1-6-15-10/h10H,1-9H2. The van der Waals surface area contributed by atoms with E-state index >= 15 is 0 Å². The van der Waals surface area contributed by atoms with Crippen molar-refractivity contribution in [3.63, 3.8) is 0 Å². The van der Waals surface area contributed by atoms with E-state index in [1.165, 1.54) is 0 Å². The fourth-order valence-electron chi connectivity index (χ4n) is 1.78. The Balaban J connectivity index is 1.58. The van der Waals surface area contributed by atoms with Crippen LogP contribution >= 0.6 is 24.0 Å². The van der Waals surface area contributed by atoms with Gasteiger partial charge in [-0.1, -0.05) is 24.0 Å². The van der Waals surface area contributed by atoms with Crippen LogP contribution in [0.5, 0.6) is 0 Å². The first kappa shape index (κ1) is 13.5. The highest BCUT2D eigenvalue weighted by atomic mass is 32.2. The Bertz CT molecular complexity index is 241. The monoisotopic (exact) mass is 277 g/mol. The van der Waals surface area contributed by atoms with E-state index in [-0.39, 0.29) is 6.29 Å². The summed E-state index contributed by atoms with van der Waals surface area (Å²) in [6.07, 6.45) is 1.90. The van der Waals surface area contributed by atoms with Gasteiger partial charge in [-0.05, 0) is 6.42 Å². The molecule has 2 fully saturated rings. The van der Waals surface area contributed by atoms with Crippen molar-refractivity contribution in [3.8, 4) is 0 Å². The molecule has 0 spiro atoms. The molecule has 6 heteroatoms. The van der Waals surface area contributed by atoms with E-state index in [0.29, 0.717) is 0 Å². The van der Waals surface area contributed by atoms with Gasteiger partial charge in [-0.25, -0.2) is 0 Å². The number of thiocarbonyl (C=S) groups is 1. The van der Waals surface area contributed by atoms with Gasteiger partial charge < -0.3 is 19.1 Å². The van der Waals surface area contributed by atoms with E-state index < -0.39 is 0 Å². The normalized spacial score (nSPS) is 22.7. The number of hydrogen-bond donors (Lipinski definition) is 0. The molecule has 2 saturated heterocycles. The van der Waals surface area contributed by atoms with Gasteiger partial charge >= 0.3 is 0 Å². The highest BCUT2D eigenvalue weighted by molar-refractivity contribution is 8.22. The average molecular weight is 277 g/mol. The summed E-state index contributed by atoms with van der Waals surface area (Å²) in [4.78, 5) is 2.21.